The molecule has 2 rings (SSSR count). The third kappa shape index (κ3) is 2.18. The molecule has 1 amide bonds. The van der Waals surface area contributed by atoms with Crippen molar-refractivity contribution in [3.8, 4) is 0 Å². The summed E-state index contributed by atoms with van der Waals surface area (Å²) in [6.45, 7) is 2.65. The number of carbonyl (C=O) groups excluding carboxylic acids is 1. The van der Waals surface area contributed by atoms with Gasteiger partial charge in [-0.15, -0.1) is 0 Å². The number of anilines is 1. The molecule has 0 saturated carbocycles. The fraction of sp³-hybridized carbons (Fsp3) is 0.462. The fourth-order valence-electron chi connectivity index (χ4n) is 2.27. The molecule has 0 radical (unpaired) electrons. The molecule has 1 atom stereocenters. The number of hydrogen-bond acceptors (Lipinski definition) is 3. The van der Waals surface area contributed by atoms with Crippen LogP contribution in [-0.2, 0) is 11.4 Å². The number of amides is 1. The van der Waals surface area contributed by atoms with E-state index in [9.17, 15) is 9.18 Å². The quantitative estimate of drug-likeness (QED) is 0.844. The number of aliphatic hydroxyl groups is 1. The minimum atomic E-state index is -0.595. The van der Waals surface area contributed by atoms with Crippen LogP contribution in [0.4, 0.5) is 10.1 Å². The smallest absolute Gasteiger partial charge is 0.225 e. The van der Waals surface area contributed by atoms with E-state index in [1.54, 1.807) is 19.1 Å². The molecule has 0 aromatic heterocycles. The molecular formula is C13H17FN2O2. The monoisotopic (exact) mass is 252 g/mol. The minimum Gasteiger partial charge on any atom is -0.392 e. The lowest BCUT2D eigenvalue weighted by atomic mass is 9.89. The third-order valence-electron chi connectivity index (χ3n) is 3.60. The normalized spacial score (nSPS) is 23.4. The van der Waals surface area contributed by atoms with Crippen molar-refractivity contribution < 1.29 is 14.3 Å². The van der Waals surface area contributed by atoms with Gasteiger partial charge in [0.2, 0.25) is 5.91 Å². The maximum atomic E-state index is 13.9. The lowest BCUT2D eigenvalue weighted by Crippen LogP contribution is -2.37. The summed E-state index contributed by atoms with van der Waals surface area (Å²) < 4.78 is 13.9. The van der Waals surface area contributed by atoms with E-state index in [0.717, 1.165) is 0 Å². The van der Waals surface area contributed by atoms with Gasteiger partial charge in [0.05, 0.1) is 17.7 Å². The van der Waals surface area contributed by atoms with Crippen LogP contribution in [0.5, 0.6) is 0 Å². The van der Waals surface area contributed by atoms with Crippen LogP contribution in [-0.4, -0.2) is 24.1 Å². The maximum Gasteiger partial charge on any atom is 0.225 e. The minimum absolute atomic E-state index is 0.184. The highest BCUT2D eigenvalue weighted by Crippen LogP contribution is 2.34. The summed E-state index contributed by atoms with van der Waals surface area (Å²) in [6.07, 6.45) is 0.628. The van der Waals surface area contributed by atoms with Gasteiger partial charge in [-0.3, -0.25) is 4.79 Å². The average Bonchev–Trinajstić information content (AvgIpc) is 2.73. The average molecular weight is 252 g/mol. The van der Waals surface area contributed by atoms with Crippen LogP contribution >= 0.6 is 0 Å². The molecule has 1 aliphatic rings. The summed E-state index contributed by atoms with van der Waals surface area (Å²) in [5.74, 6) is -0.729. The molecular weight excluding hydrogens is 235 g/mol. The first kappa shape index (κ1) is 12.8. The van der Waals surface area contributed by atoms with E-state index in [-0.39, 0.29) is 18.3 Å². The standard InChI is InChI=1S/C13H17FN2O2/c1-13(12(15)18)4-5-16(8-13)11-3-2-9(7-17)6-10(11)14/h2-3,6,17H,4-5,7-8H2,1H3,(H2,15,18). The number of halogens is 1. The first-order valence-corrected chi connectivity index (χ1v) is 5.90. The Morgan fingerprint density at radius 1 is 1.61 bits per heavy atom. The molecule has 0 aliphatic carbocycles. The van der Waals surface area contributed by atoms with E-state index in [2.05, 4.69) is 0 Å². The van der Waals surface area contributed by atoms with Gasteiger partial charge in [0, 0.05) is 13.1 Å². The lowest BCUT2D eigenvalue weighted by Gasteiger charge is -2.23. The Labute approximate surface area is 105 Å². The number of nitrogens with two attached hydrogens (primary N) is 1. The predicted molar refractivity (Wildman–Crippen MR) is 66.5 cm³/mol. The van der Waals surface area contributed by atoms with Crippen LogP contribution in [0.15, 0.2) is 18.2 Å². The van der Waals surface area contributed by atoms with Crippen molar-refractivity contribution in [3.05, 3.63) is 29.6 Å². The van der Waals surface area contributed by atoms with Crippen molar-refractivity contribution in [3.63, 3.8) is 0 Å². The lowest BCUT2D eigenvalue weighted by molar-refractivity contribution is -0.125. The van der Waals surface area contributed by atoms with Gasteiger partial charge in [0.15, 0.2) is 0 Å². The summed E-state index contributed by atoms with van der Waals surface area (Å²) in [5.41, 5.74) is 5.76. The van der Waals surface area contributed by atoms with E-state index < -0.39 is 5.41 Å². The van der Waals surface area contributed by atoms with Gasteiger partial charge >= 0.3 is 0 Å². The van der Waals surface area contributed by atoms with Crippen LogP contribution in [0.1, 0.15) is 18.9 Å². The largest absolute Gasteiger partial charge is 0.392 e. The number of primary amides is 1. The number of benzene rings is 1. The Kier molecular flexibility index (Phi) is 3.26. The molecule has 1 saturated heterocycles. The van der Waals surface area contributed by atoms with Crippen LogP contribution in [0.3, 0.4) is 0 Å². The molecule has 5 heteroatoms. The van der Waals surface area contributed by atoms with Crippen LogP contribution < -0.4 is 10.6 Å². The Balaban J connectivity index is 2.22. The van der Waals surface area contributed by atoms with Gasteiger partial charge in [0.1, 0.15) is 5.82 Å². The summed E-state index contributed by atoms with van der Waals surface area (Å²) >= 11 is 0. The molecule has 1 aromatic rings. The molecule has 18 heavy (non-hydrogen) atoms. The van der Waals surface area contributed by atoms with Crippen molar-refractivity contribution >= 4 is 11.6 Å². The van der Waals surface area contributed by atoms with E-state index in [1.165, 1.54) is 6.07 Å². The Hall–Kier alpha value is -1.62. The number of rotatable bonds is 3. The zero-order chi connectivity index (χ0) is 13.3. The molecule has 0 bridgehead atoms. The molecule has 0 spiro atoms. The molecule has 98 valence electrons. The highest BCUT2D eigenvalue weighted by atomic mass is 19.1. The maximum absolute atomic E-state index is 13.9. The van der Waals surface area contributed by atoms with Gasteiger partial charge < -0.3 is 15.7 Å². The fourth-order valence-corrected chi connectivity index (χ4v) is 2.27. The zero-order valence-corrected chi connectivity index (χ0v) is 10.3. The van der Waals surface area contributed by atoms with Crippen molar-refractivity contribution in [1.29, 1.82) is 0 Å². The van der Waals surface area contributed by atoms with Gasteiger partial charge in [-0.2, -0.15) is 0 Å². The highest BCUT2D eigenvalue weighted by Gasteiger charge is 2.39. The Bertz CT molecular complexity index is 478. The van der Waals surface area contributed by atoms with E-state index in [4.69, 9.17) is 10.8 Å². The van der Waals surface area contributed by atoms with E-state index in [0.29, 0.717) is 30.8 Å². The number of aliphatic hydroxyl groups excluding tert-OH is 1. The molecule has 1 aromatic carbocycles. The summed E-state index contributed by atoms with van der Waals surface area (Å²) in [6, 6.07) is 4.63. The Morgan fingerprint density at radius 2 is 2.33 bits per heavy atom. The number of nitrogens with zero attached hydrogens (tertiary/aromatic N) is 1. The van der Waals surface area contributed by atoms with E-state index >= 15 is 0 Å². The van der Waals surface area contributed by atoms with Gasteiger partial charge in [-0.1, -0.05) is 6.07 Å². The topological polar surface area (TPSA) is 66.6 Å². The van der Waals surface area contributed by atoms with Crippen molar-refractivity contribution in [2.24, 2.45) is 11.1 Å². The zero-order valence-electron chi connectivity index (χ0n) is 10.3. The first-order valence-electron chi connectivity index (χ1n) is 5.90. The van der Waals surface area contributed by atoms with Gasteiger partial charge in [-0.25, -0.2) is 4.39 Å². The van der Waals surface area contributed by atoms with Crippen LogP contribution in [0, 0.1) is 11.2 Å². The summed E-state index contributed by atoms with van der Waals surface area (Å²) in [5, 5.41) is 8.93. The molecule has 3 N–H and O–H groups in total. The Morgan fingerprint density at radius 3 is 2.83 bits per heavy atom. The predicted octanol–water partition coefficient (Wildman–Crippen LogP) is 1.02. The second-order valence-electron chi connectivity index (χ2n) is 5.04. The third-order valence-corrected chi connectivity index (χ3v) is 3.60. The summed E-state index contributed by atoms with van der Waals surface area (Å²) in [4.78, 5) is 13.2. The first-order chi connectivity index (χ1) is 8.46. The van der Waals surface area contributed by atoms with E-state index in [1.807, 2.05) is 4.90 Å². The molecule has 4 nitrogen and oxygen atoms in total. The van der Waals surface area contributed by atoms with Crippen molar-refractivity contribution in [1.82, 2.24) is 0 Å². The van der Waals surface area contributed by atoms with Crippen LogP contribution in [0.25, 0.3) is 0 Å². The highest BCUT2D eigenvalue weighted by molar-refractivity contribution is 5.82. The van der Waals surface area contributed by atoms with Gasteiger partial charge in [-0.05, 0) is 31.0 Å². The number of hydrogen-bond donors (Lipinski definition) is 2. The second kappa shape index (κ2) is 4.57. The SMILES string of the molecule is CC1(C(N)=O)CCN(c2ccc(CO)cc2F)C1. The molecule has 1 unspecified atom stereocenters. The molecule has 1 heterocycles. The molecule has 1 aliphatic heterocycles. The summed E-state index contributed by atoms with van der Waals surface area (Å²) in [7, 11) is 0. The number of carbonyl (C=O) groups is 1. The van der Waals surface area contributed by atoms with Gasteiger partial charge in [0.25, 0.3) is 0 Å². The molecule has 1 fully saturated rings. The van der Waals surface area contributed by atoms with Crippen LogP contribution in [0.2, 0.25) is 0 Å². The second-order valence-corrected chi connectivity index (χ2v) is 5.04. The van der Waals surface area contributed by atoms with Crippen molar-refractivity contribution in [2.45, 2.75) is 20.0 Å². The van der Waals surface area contributed by atoms with Crippen molar-refractivity contribution in [2.75, 3.05) is 18.0 Å².